The maximum absolute atomic E-state index is 14.6. The molecule has 0 unspecified atom stereocenters. The lowest BCUT2D eigenvalue weighted by Crippen LogP contribution is -2.62. The van der Waals surface area contributed by atoms with Crippen LogP contribution in [0, 0.1) is 17.6 Å². The number of amides is 2. The van der Waals surface area contributed by atoms with Gasteiger partial charge in [-0.2, -0.15) is 0 Å². The minimum atomic E-state index is -0.807. The van der Waals surface area contributed by atoms with Gasteiger partial charge < -0.3 is 14.5 Å². The summed E-state index contributed by atoms with van der Waals surface area (Å²) < 4.78 is 33.9. The first kappa shape index (κ1) is 17.4. The van der Waals surface area contributed by atoms with Crippen molar-refractivity contribution in [3.05, 3.63) is 35.4 Å². The number of piperidine rings is 3. The molecule has 6 rings (SSSR count). The second-order valence-corrected chi connectivity index (χ2v) is 8.14. The molecule has 2 bridgehead atoms. The van der Waals surface area contributed by atoms with Crippen molar-refractivity contribution in [1.82, 2.24) is 14.7 Å². The Kier molecular flexibility index (Phi) is 4.31. The molecule has 146 valence electrons. The number of carbonyl (C=O) groups is 1. The fraction of sp³-hybridized carbons (Fsp3) is 0.650. The van der Waals surface area contributed by atoms with E-state index in [1.54, 1.807) is 12.1 Å². The molecule has 1 aromatic carbocycles. The van der Waals surface area contributed by atoms with Crippen LogP contribution in [-0.2, 0) is 4.74 Å². The van der Waals surface area contributed by atoms with E-state index >= 15 is 0 Å². The zero-order valence-electron chi connectivity index (χ0n) is 15.3. The molecular formula is C20H25F2N3O2. The quantitative estimate of drug-likeness (QED) is 0.753. The van der Waals surface area contributed by atoms with E-state index in [2.05, 4.69) is 4.90 Å². The van der Waals surface area contributed by atoms with Crippen molar-refractivity contribution >= 4 is 6.03 Å². The first-order chi connectivity index (χ1) is 13.1. The first-order valence-electron chi connectivity index (χ1n) is 9.96. The van der Waals surface area contributed by atoms with Crippen molar-refractivity contribution in [3.63, 3.8) is 0 Å². The van der Waals surface area contributed by atoms with Gasteiger partial charge in [0.15, 0.2) is 11.6 Å². The molecule has 0 N–H and O–H groups in total. The van der Waals surface area contributed by atoms with E-state index in [0.29, 0.717) is 44.3 Å². The van der Waals surface area contributed by atoms with Crippen LogP contribution in [0.2, 0.25) is 0 Å². The minimum absolute atomic E-state index is 0.0290. The van der Waals surface area contributed by atoms with Crippen molar-refractivity contribution in [2.45, 2.75) is 30.8 Å². The lowest BCUT2D eigenvalue weighted by molar-refractivity contribution is -0.00737. The summed E-state index contributed by atoms with van der Waals surface area (Å²) in [5.41, 5.74) is 0.412. The Balaban J connectivity index is 1.50. The summed E-state index contributed by atoms with van der Waals surface area (Å²) in [7, 11) is 0. The third-order valence-corrected chi connectivity index (χ3v) is 6.90. The molecule has 5 nitrogen and oxygen atoms in total. The Hall–Kier alpha value is -1.73. The van der Waals surface area contributed by atoms with E-state index in [1.807, 2.05) is 9.80 Å². The molecule has 0 saturated carbocycles. The molecule has 0 radical (unpaired) electrons. The number of ether oxygens (including phenoxy) is 1. The summed E-state index contributed by atoms with van der Waals surface area (Å²) >= 11 is 0. The number of nitrogens with zero attached hydrogens (tertiary/aromatic N) is 3. The number of halogens is 2. The maximum Gasteiger partial charge on any atom is 0.320 e. The molecule has 5 aliphatic heterocycles. The molecule has 0 aromatic heterocycles. The van der Waals surface area contributed by atoms with Gasteiger partial charge in [-0.3, -0.25) is 4.90 Å². The monoisotopic (exact) mass is 377 g/mol. The van der Waals surface area contributed by atoms with Gasteiger partial charge in [0.25, 0.3) is 0 Å². The van der Waals surface area contributed by atoms with E-state index in [-0.39, 0.29) is 24.0 Å². The van der Waals surface area contributed by atoms with Gasteiger partial charge >= 0.3 is 6.03 Å². The highest BCUT2D eigenvalue weighted by atomic mass is 19.2. The van der Waals surface area contributed by atoms with E-state index in [1.165, 1.54) is 0 Å². The van der Waals surface area contributed by atoms with Gasteiger partial charge in [0.1, 0.15) is 0 Å². The highest BCUT2D eigenvalue weighted by Crippen LogP contribution is 2.47. The van der Waals surface area contributed by atoms with Crippen LogP contribution in [0.1, 0.15) is 24.3 Å². The fourth-order valence-electron chi connectivity index (χ4n) is 5.66. The summed E-state index contributed by atoms with van der Waals surface area (Å²) in [6.45, 7) is 4.74. The van der Waals surface area contributed by atoms with Crippen LogP contribution in [-0.4, -0.2) is 78.8 Å². The van der Waals surface area contributed by atoms with Crippen molar-refractivity contribution in [2.75, 3.05) is 45.9 Å². The van der Waals surface area contributed by atoms with Crippen LogP contribution in [0.5, 0.6) is 0 Å². The first-order valence-corrected chi connectivity index (χ1v) is 9.96. The molecule has 5 saturated heterocycles. The summed E-state index contributed by atoms with van der Waals surface area (Å²) in [4.78, 5) is 19.5. The number of fused-ring (bicyclic) bond motifs is 2. The Morgan fingerprint density at radius 2 is 1.78 bits per heavy atom. The molecule has 0 spiro atoms. The minimum Gasteiger partial charge on any atom is -0.378 e. The average molecular weight is 377 g/mol. The van der Waals surface area contributed by atoms with Crippen molar-refractivity contribution in [1.29, 1.82) is 0 Å². The number of hydrogen-bond donors (Lipinski definition) is 0. The molecule has 7 heteroatoms. The van der Waals surface area contributed by atoms with Crippen LogP contribution in [0.15, 0.2) is 18.2 Å². The Bertz CT molecular complexity index is 732. The summed E-state index contributed by atoms with van der Waals surface area (Å²) in [5.74, 6) is -1.30. The second kappa shape index (κ2) is 6.71. The molecule has 0 aliphatic carbocycles. The number of urea groups is 1. The highest BCUT2D eigenvalue weighted by Gasteiger charge is 2.55. The van der Waals surface area contributed by atoms with Gasteiger partial charge in [0.05, 0.1) is 19.3 Å². The maximum atomic E-state index is 14.6. The Morgan fingerprint density at radius 1 is 1.04 bits per heavy atom. The van der Waals surface area contributed by atoms with Gasteiger partial charge in [0.2, 0.25) is 0 Å². The number of rotatable bonds is 1. The van der Waals surface area contributed by atoms with Crippen molar-refractivity contribution in [3.8, 4) is 0 Å². The summed E-state index contributed by atoms with van der Waals surface area (Å²) in [6.07, 6.45) is 2.15. The highest BCUT2D eigenvalue weighted by molar-refractivity contribution is 5.76. The van der Waals surface area contributed by atoms with Crippen LogP contribution in [0.3, 0.4) is 0 Å². The summed E-state index contributed by atoms with van der Waals surface area (Å²) in [5, 5.41) is 0. The second-order valence-electron chi connectivity index (χ2n) is 8.14. The SMILES string of the molecule is O=C(N1CCOCC1)N1C[C@H](c2cccc(F)c2F)[C@H]2[C@@H]1C1CCN2CC1. The van der Waals surface area contributed by atoms with Gasteiger partial charge in [0, 0.05) is 31.6 Å². The lowest BCUT2D eigenvalue weighted by Gasteiger charge is -2.51. The third-order valence-electron chi connectivity index (χ3n) is 6.90. The van der Waals surface area contributed by atoms with Crippen LogP contribution in [0.4, 0.5) is 13.6 Å². The van der Waals surface area contributed by atoms with Crippen molar-refractivity contribution < 1.29 is 18.3 Å². The predicted molar refractivity (Wildman–Crippen MR) is 95.5 cm³/mol. The normalized spacial score (nSPS) is 35.4. The van der Waals surface area contributed by atoms with Gasteiger partial charge in [-0.25, -0.2) is 13.6 Å². The zero-order chi connectivity index (χ0) is 18.5. The Morgan fingerprint density at radius 3 is 2.52 bits per heavy atom. The van der Waals surface area contributed by atoms with E-state index in [0.717, 1.165) is 32.0 Å². The zero-order valence-corrected chi connectivity index (χ0v) is 15.3. The van der Waals surface area contributed by atoms with Gasteiger partial charge in [-0.1, -0.05) is 12.1 Å². The Labute approximate surface area is 157 Å². The predicted octanol–water partition coefficient (Wildman–Crippen LogP) is 2.28. The molecule has 5 aliphatic rings. The van der Waals surface area contributed by atoms with Gasteiger partial charge in [-0.05, 0) is 43.5 Å². The molecular weight excluding hydrogens is 352 g/mol. The largest absolute Gasteiger partial charge is 0.378 e. The third kappa shape index (κ3) is 2.74. The van der Waals surface area contributed by atoms with Crippen LogP contribution in [0.25, 0.3) is 0 Å². The molecule has 3 atom stereocenters. The van der Waals surface area contributed by atoms with E-state index < -0.39 is 11.6 Å². The molecule has 5 heterocycles. The molecule has 5 fully saturated rings. The van der Waals surface area contributed by atoms with Crippen LogP contribution < -0.4 is 0 Å². The number of benzene rings is 1. The number of carbonyl (C=O) groups excluding carboxylic acids is 1. The average Bonchev–Trinajstić information content (AvgIpc) is 3.14. The topological polar surface area (TPSA) is 36.0 Å². The standard InChI is InChI=1S/C20H25F2N3O2/c21-16-3-1-2-14(17(16)22)15-12-25(20(26)24-8-10-27-11-9-24)18-13-4-6-23(7-5-13)19(15)18/h1-3,13,15,18-19H,4-12H2/t15-,18+,19+/m1/s1. The summed E-state index contributed by atoms with van der Waals surface area (Å²) in [6, 6.07) is 4.63. The van der Waals surface area contributed by atoms with Crippen LogP contribution >= 0.6 is 0 Å². The number of likely N-dealkylation sites (tertiary alicyclic amines) is 1. The van der Waals surface area contributed by atoms with Crippen molar-refractivity contribution in [2.24, 2.45) is 5.92 Å². The number of morpholine rings is 1. The fourth-order valence-corrected chi connectivity index (χ4v) is 5.66. The van der Waals surface area contributed by atoms with E-state index in [9.17, 15) is 13.6 Å². The molecule has 1 aromatic rings. The lowest BCUT2D eigenvalue weighted by atomic mass is 9.75. The molecule has 2 amide bonds. The smallest absolute Gasteiger partial charge is 0.320 e. The van der Waals surface area contributed by atoms with Gasteiger partial charge in [-0.15, -0.1) is 0 Å². The number of hydrogen-bond acceptors (Lipinski definition) is 3. The molecule has 27 heavy (non-hydrogen) atoms. The van der Waals surface area contributed by atoms with E-state index in [4.69, 9.17) is 4.74 Å².